The Morgan fingerprint density at radius 3 is 2.39 bits per heavy atom. The maximum atomic E-state index is 13.1. The monoisotopic (exact) mass is 444 g/mol. The van der Waals surface area contributed by atoms with E-state index < -0.39 is 0 Å². The van der Waals surface area contributed by atoms with Gasteiger partial charge >= 0.3 is 0 Å². The van der Waals surface area contributed by atoms with Gasteiger partial charge in [-0.2, -0.15) is 0 Å². The molecule has 1 aliphatic rings. The smallest absolute Gasteiger partial charge is 0.253 e. The molecule has 1 fully saturated rings. The van der Waals surface area contributed by atoms with Crippen molar-refractivity contribution in [2.24, 2.45) is 0 Å². The summed E-state index contributed by atoms with van der Waals surface area (Å²) in [6, 6.07) is 22.1. The molecule has 4 rings (SSSR count). The number of aryl methyl sites for hydroxylation is 2. The van der Waals surface area contributed by atoms with Crippen LogP contribution in [0, 0.1) is 13.8 Å². The van der Waals surface area contributed by atoms with E-state index >= 15 is 0 Å². The highest BCUT2D eigenvalue weighted by Gasteiger charge is 2.22. The van der Waals surface area contributed by atoms with Crippen molar-refractivity contribution >= 4 is 5.91 Å². The Kier molecular flexibility index (Phi) is 7.30. The minimum atomic E-state index is 0.0874. The van der Waals surface area contributed by atoms with Gasteiger partial charge in [0.1, 0.15) is 18.1 Å². The van der Waals surface area contributed by atoms with E-state index in [1.165, 1.54) is 11.1 Å². The van der Waals surface area contributed by atoms with Gasteiger partial charge in [0.25, 0.3) is 5.91 Å². The fraction of sp³-hybridized carbons (Fsp3) is 0.321. The zero-order chi connectivity index (χ0) is 23.2. The van der Waals surface area contributed by atoms with Gasteiger partial charge < -0.3 is 14.4 Å². The predicted molar refractivity (Wildman–Crippen MR) is 131 cm³/mol. The molecule has 0 radical (unpaired) electrons. The maximum absolute atomic E-state index is 13.1. The summed E-state index contributed by atoms with van der Waals surface area (Å²) in [7, 11) is 1.69. The largest absolute Gasteiger partial charge is 0.497 e. The SMILES string of the molecule is COc1cccc(CN2CCN(C(=O)c3cccc(COc4ccc(C)cc4C)c3)CC2)c1. The van der Waals surface area contributed by atoms with Crippen molar-refractivity contribution in [3.63, 3.8) is 0 Å². The van der Waals surface area contributed by atoms with Crippen molar-refractivity contribution in [1.29, 1.82) is 0 Å². The highest BCUT2D eigenvalue weighted by molar-refractivity contribution is 5.94. The summed E-state index contributed by atoms with van der Waals surface area (Å²) in [5.41, 5.74) is 5.28. The Hall–Kier alpha value is -3.31. The fourth-order valence-electron chi connectivity index (χ4n) is 4.24. The summed E-state index contributed by atoms with van der Waals surface area (Å²) in [4.78, 5) is 17.4. The molecular formula is C28H32N2O3. The second-order valence-corrected chi connectivity index (χ2v) is 8.68. The zero-order valence-corrected chi connectivity index (χ0v) is 19.7. The van der Waals surface area contributed by atoms with Gasteiger partial charge in [0, 0.05) is 38.3 Å². The molecule has 0 atom stereocenters. The van der Waals surface area contributed by atoms with E-state index in [9.17, 15) is 4.79 Å². The fourth-order valence-corrected chi connectivity index (χ4v) is 4.24. The molecule has 5 nitrogen and oxygen atoms in total. The van der Waals surface area contributed by atoms with Crippen LogP contribution in [0.4, 0.5) is 0 Å². The van der Waals surface area contributed by atoms with Crippen molar-refractivity contribution in [1.82, 2.24) is 9.80 Å². The van der Waals surface area contributed by atoms with Crippen molar-refractivity contribution in [3.8, 4) is 11.5 Å². The second-order valence-electron chi connectivity index (χ2n) is 8.68. The van der Waals surface area contributed by atoms with Crippen LogP contribution < -0.4 is 9.47 Å². The number of hydrogen-bond acceptors (Lipinski definition) is 4. The standard InChI is InChI=1S/C28H32N2O3/c1-21-10-11-27(22(2)16-21)33-20-24-7-4-8-25(17-24)28(31)30-14-12-29(13-15-30)19-23-6-5-9-26(18-23)32-3/h4-11,16-18H,12-15,19-20H2,1-3H3. The number of piperazine rings is 1. The summed E-state index contributed by atoms with van der Waals surface area (Å²) < 4.78 is 11.3. The van der Waals surface area contributed by atoms with Crippen LogP contribution in [0.5, 0.6) is 11.5 Å². The maximum Gasteiger partial charge on any atom is 0.253 e. The van der Waals surface area contributed by atoms with Crippen LogP contribution in [0.2, 0.25) is 0 Å². The van der Waals surface area contributed by atoms with E-state index in [0.29, 0.717) is 6.61 Å². The number of amides is 1. The van der Waals surface area contributed by atoms with Gasteiger partial charge in [-0.05, 0) is 60.9 Å². The van der Waals surface area contributed by atoms with Crippen LogP contribution >= 0.6 is 0 Å². The van der Waals surface area contributed by atoms with Gasteiger partial charge in [-0.15, -0.1) is 0 Å². The molecule has 0 bridgehead atoms. The quantitative estimate of drug-likeness (QED) is 0.523. The normalized spacial score (nSPS) is 14.2. The number of carbonyl (C=O) groups excluding carboxylic acids is 1. The third-order valence-corrected chi connectivity index (χ3v) is 6.10. The molecule has 0 spiro atoms. The van der Waals surface area contributed by atoms with Crippen molar-refractivity contribution in [3.05, 3.63) is 94.5 Å². The minimum Gasteiger partial charge on any atom is -0.497 e. The third kappa shape index (κ3) is 5.93. The van der Waals surface area contributed by atoms with E-state index in [4.69, 9.17) is 9.47 Å². The van der Waals surface area contributed by atoms with E-state index in [0.717, 1.165) is 60.9 Å². The number of carbonyl (C=O) groups is 1. The van der Waals surface area contributed by atoms with Crippen LogP contribution in [-0.2, 0) is 13.2 Å². The van der Waals surface area contributed by atoms with Crippen LogP contribution in [0.3, 0.4) is 0 Å². The summed E-state index contributed by atoms with van der Waals surface area (Å²) in [5, 5.41) is 0. The molecule has 1 aliphatic heterocycles. The van der Waals surface area contributed by atoms with E-state index in [-0.39, 0.29) is 5.91 Å². The average Bonchev–Trinajstić information content (AvgIpc) is 2.84. The molecule has 0 aliphatic carbocycles. The van der Waals surface area contributed by atoms with E-state index in [2.05, 4.69) is 43.0 Å². The molecular weight excluding hydrogens is 412 g/mol. The van der Waals surface area contributed by atoms with Gasteiger partial charge in [-0.25, -0.2) is 0 Å². The molecule has 0 saturated carbocycles. The Morgan fingerprint density at radius 2 is 1.64 bits per heavy atom. The van der Waals surface area contributed by atoms with Crippen molar-refractivity contribution < 1.29 is 14.3 Å². The lowest BCUT2D eigenvalue weighted by Gasteiger charge is -2.35. The zero-order valence-electron chi connectivity index (χ0n) is 19.7. The summed E-state index contributed by atoms with van der Waals surface area (Å²) in [6.45, 7) is 8.61. The van der Waals surface area contributed by atoms with Crippen LogP contribution in [0.15, 0.2) is 66.7 Å². The molecule has 3 aromatic rings. The van der Waals surface area contributed by atoms with Gasteiger partial charge in [-0.1, -0.05) is 42.0 Å². The minimum absolute atomic E-state index is 0.0874. The number of benzene rings is 3. The molecule has 1 amide bonds. The highest BCUT2D eigenvalue weighted by Crippen LogP contribution is 2.21. The van der Waals surface area contributed by atoms with Crippen molar-refractivity contribution in [2.75, 3.05) is 33.3 Å². The number of hydrogen-bond donors (Lipinski definition) is 0. The first kappa shape index (κ1) is 22.9. The molecule has 3 aromatic carbocycles. The number of methoxy groups -OCH3 is 1. The Morgan fingerprint density at radius 1 is 0.879 bits per heavy atom. The van der Waals surface area contributed by atoms with Crippen LogP contribution in [0.25, 0.3) is 0 Å². The first-order chi connectivity index (χ1) is 16.0. The molecule has 1 heterocycles. The molecule has 5 heteroatoms. The van der Waals surface area contributed by atoms with Crippen molar-refractivity contribution in [2.45, 2.75) is 27.0 Å². The van der Waals surface area contributed by atoms with Gasteiger partial charge in [0.2, 0.25) is 0 Å². The van der Waals surface area contributed by atoms with Gasteiger partial charge in [0.15, 0.2) is 0 Å². The lowest BCUT2D eigenvalue weighted by atomic mass is 10.1. The van der Waals surface area contributed by atoms with E-state index in [1.54, 1.807) is 7.11 Å². The van der Waals surface area contributed by atoms with Crippen LogP contribution in [-0.4, -0.2) is 49.0 Å². The first-order valence-electron chi connectivity index (χ1n) is 11.5. The third-order valence-electron chi connectivity index (χ3n) is 6.10. The Bertz CT molecular complexity index is 1100. The lowest BCUT2D eigenvalue weighted by molar-refractivity contribution is 0.0628. The van der Waals surface area contributed by atoms with Gasteiger partial charge in [-0.3, -0.25) is 9.69 Å². The van der Waals surface area contributed by atoms with Crippen LogP contribution in [0.1, 0.15) is 32.6 Å². The first-order valence-corrected chi connectivity index (χ1v) is 11.5. The summed E-state index contributed by atoms with van der Waals surface area (Å²) in [5.74, 6) is 1.84. The number of ether oxygens (including phenoxy) is 2. The molecule has 172 valence electrons. The molecule has 33 heavy (non-hydrogen) atoms. The van der Waals surface area contributed by atoms with Gasteiger partial charge in [0.05, 0.1) is 7.11 Å². The highest BCUT2D eigenvalue weighted by atomic mass is 16.5. The molecule has 0 unspecified atom stereocenters. The number of nitrogens with zero attached hydrogens (tertiary/aromatic N) is 2. The Labute approximate surface area is 196 Å². The molecule has 1 saturated heterocycles. The predicted octanol–water partition coefficient (Wildman–Crippen LogP) is 4.85. The summed E-state index contributed by atoms with van der Waals surface area (Å²) >= 11 is 0. The second kappa shape index (κ2) is 10.5. The summed E-state index contributed by atoms with van der Waals surface area (Å²) in [6.07, 6.45) is 0. The molecule has 0 N–H and O–H groups in total. The topological polar surface area (TPSA) is 42.0 Å². The lowest BCUT2D eigenvalue weighted by Crippen LogP contribution is -2.48. The van der Waals surface area contributed by atoms with E-state index in [1.807, 2.05) is 47.4 Å². The Balaban J connectivity index is 1.32. The molecule has 0 aromatic heterocycles. The number of rotatable bonds is 7. The average molecular weight is 445 g/mol.